The van der Waals surface area contributed by atoms with Gasteiger partial charge in [-0.25, -0.2) is 4.98 Å². The molecule has 1 aromatic rings. The summed E-state index contributed by atoms with van der Waals surface area (Å²) in [7, 11) is 0. The number of aromatic nitrogens is 1. The number of carbonyl (C=O) groups excluding carboxylic acids is 1. The number of nitrogen functional groups attached to an aromatic ring is 1. The third-order valence-corrected chi connectivity index (χ3v) is 3.43. The van der Waals surface area contributed by atoms with Gasteiger partial charge in [0, 0.05) is 19.3 Å². The number of hydrogen-bond donors (Lipinski definition) is 2. The summed E-state index contributed by atoms with van der Waals surface area (Å²) in [6.07, 6.45) is 4.11. The number of pyridine rings is 1. The van der Waals surface area contributed by atoms with Crippen LogP contribution in [0, 0.1) is 5.92 Å². The lowest BCUT2D eigenvalue weighted by molar-refractivity contribution is 0.0945. The maximum absolute atomic E-state index is 11.9. The molecule has 1 atom stereocenters. The van der Waals surface area contributed by atoms with Crippen LogP contribution in [0.4, 0.5) is 5.82 Å². The van der Waals surface area contributed by atoms with E-state index in [4.69, 9.17) is 5.73 Å². The van der Waals surface area contributed by atoms with Crippen molar-refractivity contribution in [3.63, 3.8) is 0 Å². The smallest absolute Gasteiger partial charge is 0.252 e. The third kappa shape index (κ3) is 4.21. The van der Waals surface area contributed by atoms with Crippen molar-refractivity contribution >= 4 is 11.7 Å². The maximum Gasteiger partial charge on any atom is 0.252 e. The summed E-state index contributed by atoms with van der Waals surface area (Å²) in [6.45, 7) is 6.31. The van der Waals surface area contributed by atoms with Crippen LogP contribution in [0.5, 0.6) is 0 Å². The van der Waals surface area contributed by atoms with Gasteiger partial charge in [-0.3, -0.25) is 4.79 Å². The summed E-state index contributed by atoms with van der Waals surface area (Å²) in [6, 6.07) is 3.34. The first-order valence-electron chi connectivity index (χ1n) is 6.87. The Morgan fingerprint density at radius 2 is 2.21 bits per heavy atom. The predicted octanol–water partition coefficient (Wildman–Crippen LogP) is 1.13. The molecule has 0 saturated carbocycles. The normalized spacial score (nSPS) is 17.3. The zero-order valence-electron chi connectivity index (χ0n) is 11.4. The van der Waals surface area contributed by atoms with Crippen LogP contribution >= 0.6 is 0 Å². The fourth-order valence-corrected chi connectivity index (χ4v) is 2.38. The Morgan fingerprint density at radius 1 is 1.47 bits per heavy atom. The second-order valence-corrected chi connectivity index (χ2v) is 5.29. The molecule has 1 fully saturated rings. The van der Waals surface area contributed by atoms with Crippen molar-refractivity contribution < 1.29 is 4.79 Å². The average molecular weight is 262 g/mol. The molecule has 3 N–H and O–H groups in total. The number of nitrogens with one attached hydrogen (secondary N) is 1. The number of nitrogens with zero attached hydrogens (tertiary/aromatic N) is 2. The molecule has 2 rings (SSSR count). The van der Waals surface area contributed by atoms with Gasteiger partial charge < -0.3 is 16.0 Å². The lowest BCUT2D eigenvalue weighted by atomic mass is 10.1. The SMILES string of the molecule is CC(CNC(=O)c1ccc(N)nc1)CN1CCCC1. The van der Waals surface area contributed by atoms with Crippen molar-refractivity contribution in [2.75, 3.05) is 31.9 Å². The highest BCUT2D eigenvalue weighted by molar-refractivity contribution is 5.93. The number of rotatable bonds is 5. The molecule has 1 amide bonds. The Hall–Kier alpha value is -1.62. The van der Waals surface area contributed by atoms with E-state index < -0.39 is 0 Å². The summed E-state index contributed by atoms with van der Waals surface area (Å²) in [4.78, 5) is 18.3. The molecule has 0 bridgehead atoms. The maximum atomic E-state index is 11.9. The minimum Gasteiger partial charge on any atom is -0.384 e. The van der Waals surface area contributed by atoms with E-state index in [0.717, 1.165) is 6.54 Å². The van der Waals surface area contributed by atoms with E-state index in [0.29, 0.717) is 23.8 Å². The van der Waals surface area contributed by atoms with Crippen molar-refractivity contribution in [2.24, 2.45) is 5.92 Å². The average Bonchev–Trinajstić information content (AvgIpc) is 2.89. The van der Waals surface area contributed by atoms with Crippen LogP contribution in [0.2, 0.25) is 0 Å². The largest absolute Gasteiger partial charge is 0.384 e. The monoisotopic (exact) mass is 262 g/mol. The quantitative estimate of drug-likeness (QED) is 0.834. The Bertz CT molecular complexity index is 412. The second-order valence-electron chi connectivity index (χ2n) is 5.29. The minimum atomic E-state index is -0.0826. The zero-order valence-corrected chi connectivity index (χ0v) is 11.4. The van der Waals surface area contributed by atoms with Crippen molar-refractivity contribution in [2.45, 2.75) is 19.8 Å². The van der Waals surface area contributed by atoms with Gasteiger partial charge in [-0.2, -0.15) is 0 Å². The molecule has 1 aromatic heterocycles. The summed E-state index contributed by atoms with van der Waals surface area (Å²) >= 11 is 0. The van der Waals surface area contributed by atoms with E-state index in [-0.39, 0.29) is 5.91 Å². The summed E-state index contributed by atoms with van der Waals surface area (Å²) in [5.74, 6) is 0.809. The first kappa shape index (κ1) is 13.8. The van der Waals surface area contributed by atoms with Gasteiger partial charge in [0.25, 0.3) is 5.91 Å². The van der Waals surface area contributed by atoms with Crippen LogP contribution in [-0.4, -0.2) is 42.0 Å². The predicted molar refractivity (Wildman–Crippen MR) is 75.8 cm³/mol. The first-order valence-corrected chi connectivity index (χ1v) is 6.87. The van der Waals surface area contributed by atoms with Gasteiger partial charge in [-0.05, 0) is 44.0 Å². The van der Waals surface area contributed by atoms with E-state index in [1.165, 1.54) is 32.1 Å². The van der Waals surface area contributed by atoms with Gasteiger partial charge in [-0.15, -0.1) is 0 Å². The van der Waals surface area contributed by atoms with Gasteiger partial charge in [-0.1, -0.05) is 6.92 Å². The first-order chi connectivity index (χ1) is 9.15. The fourth-order valence-electron chi connectivity index (χ4n) is 2.38. The molecule has 0 spiro atoms. The number of anilines is 1. The molecule has 0 aliphatic carbocycles. The molecule has 19 heavy (non-hydrogen) atoms. The molecular formula is C14H22N4O. The van der Waals surface area contributed by atoms with Crippen LogP contribution in [0.3, 0.4) is 0 Å². The van der Waals surface area contributed by atoms with Crippen molar-refractivity contribution in [1.82, 2.24) is 15.2 Å². The molecule has 1 unspecified atom stereocenters. The highest BCUT2D eigenvalue weighted by Gasteiger charge is 2.15. The molecule has 5 heteroatoms. The summed E-state index contributed by atoms with van der Waals surface area (Å²) in [5, 5.41) is 2.95. The lowest BCUT2D eigenvalue weighted by Crippen LogP contribution is -2.34. The van der Waals surface area contributed by atoms with E-state index in [2.05, 4.69) is 22.1 Å². The molecule has 104 valence electrons. The van der Waals surface area contributed by atoms with Crippen LogP contribution in [0.25, 0.3) is 0 Å². The Kier molecular flexibility index (Phi) is 4.74. The van der Waals surface area contributed by atoms with E-state index >= 15 is 0 Å². The Labute approximate surface area is 114 Å². The topological polar surface area (TPSA) is 71.2 Å². The Balaban J connectivity index is 1.74. The number of nitrogens with two attached hydrogens (primary N) is 1. The molecule has 0 aromatic carbocycles. The Morgan fingerprint density at radius 3 is 2.84 bits per heavy atom. The van der Waals surface area contributed by atoms with Crippen LogP contribution < -0.4 is 11.1 Å². The number of hydrogen-bond acceptors (Lipinski definition) is 4. The molecular weight excluding hydrogens is 240 g/mol. The van der Waals surface area contributed by atoms with Gasteiger partial charge >= 0.3 is 0 Å². The molecule has 1 aliphatic rings. The molecule has 5 nitrogen and oxygen atoms in total. The third-order valence-electron chi connectivity index (χ3n) is 3.43. The number of likely N-dealkylation sites (tertiary alicyclic amines) is 1. The van der Waals surface area contributed by atoms with Crippen LogP contribution in [0.15, 0.2) is 18.3 Å². The second kappa shape index (κ2) is 6.52. The molecule has 0 radical (unpaired) electrons. The molecule has 2 heterocycles. The summed E-state index contributed by atoms with van der Waals surface area (Å²) in [5.41, 5.74) is 6.05. The molecule has 1 saturated heterocycles. The lowest BCUT2D eigenvalue weighted by Gasteiger charge is -2.20. The van der Waals surface area contributed by atoms with Gasteiger partial charge in [0.05, 0.1) is 5.56 Å². The highest BCUT2D eigenvalue weighted by Crippen LogP contribution is 2.10. The van der Waals surface area contributed by atoms with Gasteiger partial charge in [0.1, 0.15) is 5.82 Å². The number of amides is 1. The zero-order chi connectivity index (χ0) is 13.7. The molecule has 1 aliphatic heterocycles. The summed E-state index contributed by atoms with van der Waals surface area (Å²) < 4.78 is 0. The number of carbonyl (C=O) groups is 1. The van der Waals surface area contributed by atoms with Crippen molar-refractivity contribution in [1.29, 1.82) is 0 Å². The van der Waals surface area contributed by atoms with Crippen LogP contribution in [0.1, 0.15) is 30.1 Å². The van der Waals surface area contributed by atoms with Gasteiger partial charge in [0.2, 0.25) is 0 Å². The highest BCUT2D eigenvalue weighted by atomic mass is 16.1. The van der Waals surface area contributed by atoms with Crippen molar-refractivity contribution in [3.05, 3.63) is 23.9 Å². The standard InChI is InChI=1S/C14H22N4O/c1-11(10-18-6-2-3-7-18)8-17-14(19)12-4-5-13(15)16-9-12/h4-5,9,11H,2-3,6-8,10H2,1H3,(H2,15,16)(H,17,19). The van der Waals surface area contributed by atoms with Crippen molar-refractivity contribution in [3.8, 4) is 0 Å². The van der Waals surface area contributed by atoms with E-state index in [1.807, 2.05) is 0 Å². The van der Waals surface area contributed by atoms with E-state index in [1.54, 1.807) is 12.1 Å². The fraction of sp³-hybridized carbons (Fsp3) is 0.571. The van der Waals surface area contributed by atoms with E-state index in [9.17, 15) is 4.79 Å². The van der Waals surface area contributed by atoms with Crippen LogP contribution in [-0.2, 0) is 0 Å². The van der Waals surface area contributed by atoms with Gasteiger partial charge in [0.15, 0.2) is 0 Å². The minimum absolute atomic E-state index is 0.0826.